The molecule has 5 rings (SSSR count). The number of H-pyrrole nitrogens is 1. The smallest absolute Gasteiger partial charge is 0.258 e. The number of carbonyl (C=O) groups is 1. The standard InChI is InChI=1S/C20H27N5O/c1-24-12-25(15-6-2-13(3-7-15)10-22-14-4-5-14)18-16-8-9-21-19(16)23-11-17(18)20(24)26/h8-9,11,13-15,22H,2-7,10,12H2,1H3,(H,21,23). The minimum absolute atomic E-state index is 0.0779. The van der Waals surface area contributed by atoms with Gasteiger partial charge in [0.2, 0.25) is 0 Å². The van der Waals surface area contributed by atoms with Crippen molar-refractivity contribution in [1.29, 1.82) is 0 Å². The van der Waals surface area contributed by atoms with Crippen molar-refractivity contribution in [3.05, 3.63) is 24.0 Å². The summed E-state index contributed by atoms with van der Waals surface area (Å²) in [6.45, 7) is 1.85. The summed E-state index contributed by atoms with van der Waals surface area (Å²) >= 11 is 0. The maximum atomic E-state index is 12.7. The molecule has 2 N–H and O–H groups in total. The molecule has 2 aliphatic carbocycles. The van der Waals surface area contributed by atoms with E-state index >= 15 is 0 Å². The van der Waals surface area contributed by atoms with Crippen molar-refractivity contribution in [2.24, 2.45) is 5.92 Å². The molecule has 0 unspecified atom stereocenters. The molecule has 3 heterocycles. The first-order chi connectivity index (χ1) is 12.7. The fraction of sp³-hybridized carbons (Fsp3) is 0.600. The second kappa shape index (κ2) is 6.27. The summed E-state index contributed by atoms with van der Waals surface area (Å²) in [6.07, 6.45) is 11.3. The number of nitrogens with one attached hydrogen (secondary N) is 2. The molecule has 0 aromatic carbocycles. The number of hydrogen-bond acceptors (Lipinski definition) is 4. The van der Waals surface area contributed by atoms with E-state index in [1.807, 2.05) is 18.1 Å². The van der Waals surface area contributed by atoms with Crippen LogP contribution in [0, 0.1) is 5.92 Å². The summed E-state index contributed by atoms with van der Waals surface area (Å²) in [5, 5.41) is 4.76. The Labute approximate surface area is 153 Å². The van der Waals surface area contributed by atoms with Crippen molar-refractivity contribution in [3.63, 3.8) is 0 Å². The molecule has 0 radical (unpaired) electrons. The summed E-state index contributed by atoms with van der Waals surface area (Å²) in [6, 6.07) is 3.36. The molecule has 0 atom stereocenters. The summed E-state index contributed by atoms with van der Waals surface area (Å²) in [5.74, 6) is 0.884. The maximum Gasteiger partial charge on any atom is 0.258 e. The molecule has 2 aromatic heterocycles. The van der Waals surface area contributed by atoms with Crippen LogP contribution in [0.15, 0.2) is 18.5 Å². The van der Waals surface area contributed by atoms with Gasteiger partial charge in [0.25, 0.3) is 5.91 Å². The van der Waals surface area contributed by atoms with Crippen molar-refractivity contribution in [2.45, 2.75) is 50.6 Å². The van der Waals surface area contributed by atoms with Gasteiger partial charge in [-0.25, -0.2) is 4.98 Å². The molecule has 6 nitrogen and oxygen atoms in total. The lowest BCUT2D eigenvalue weighted by atomic mass is 9.84. The Morgan fingerprint density at radius 2 is 2.04 bits per heavy atom. The number of anilines is 1. The Hall–Kier alpha value is -2.08. The molecule has 2 saturated carbocycles. The quantitative estimate of drug-likeness (QED) is 0.887. The zero-order valence-electron chi connectivity index (χ0n) is 15.4. The fourth-order valence-electron chi connectivity index (χ4n) is 4.61. The topological polar surface area (TPSA) is 64.3 Å². The molecular weight excluding hydrogens is 326 g/mol. The molecular formula is C20H27N5O. The van der Waals surface area contributed by atoms with Gasteiger partial charge in [0.05, 0.1) is 17.9 Å². The van der Waals surface area contributed by atoms with Crippen LogP contribution in [0.1, 0.15) is 48.9 Å². The van der Waals surface area contributed by atoms with Gasteiger partial charge < -0.3 is 20.1 Å². The first-order valence-electron chi connectivity index (χ1n) is 9.92. The van der Waals surface area contributed by atoms with E-state index in [-0.39, 0.29) is 5.91 Å². The number of nitrogens with zero attached hydrogens (tertiary/aromatic N) is 3. The number of aromatic amines is 1. The maximum absolute atomic E-state index is 12.7. The SMILES string of the molecule is CN1CN(C2CCC(CNC3CC3)CC2)c2c(cnc3[nH]ccc23)C1=O. The molecule has 2 aromatic rings. The van der Waals surface area contributed by atoms with E-state index < -0.39 is 0 Å². The van der Waals surface area contributed by atoms with Crippen LogP contribution in [0.4, 0.5) is 5.69 Å². The molecule has 0 bridgehead atoms. The van der Waals surface area contributed by atoms with E-state index in [4.69, 9.17) is 0 Å². The molecule has 3 aliphatic rings. The minimum atomic E-state index is 0.0779. The highest BCUT2D eigenvalue weighted by Crippen LogP contribution is 2.38. The molecule has 6 heteroatoms. The molecule has 1 amide bonds. The van der Waals surface area contributed by atoms with Crippen LogP contribution >= 0.6 is 0 Å². The second-order valence-corrected chi connectivity index (χ2v) is 8.23. The van der Waals surface area contributed by atoms with Gasteiger partial charge in [-0.1, -0.05) is 0 Å². The lowest BCUT2D eigenvalue weighted by Gasteiger charge is -2.44. The summed E-state index contributed by atoms with van der Waals surface area (Å²) in [4.78, 5) is 24.6. The molecule has 2 fully saturated rings. The zero-order valence-corrected chi connectivity index (χ0v) is 15.4. The van der Waals surface area contributed by atoms with Crippen molar-refractivity contribution < 1.29 is 4.79 Å². The van der Waals surface area contributed by atoms with Crippen molar-refractivity contribution >= 4 is 22.6 Å². The minimum Gasteiger partial charge on any atom is -0.349 e. The first kappa shape index (κ1) is 16.1. The van der Waals surface area contributed by atoms with Gasteiger partial charge in [0, 0.05) is 36.9 Å². The number of rotatable bonds is 4. The van der Waals surface area contributed by atoms with Crippen LogP contribution in [0.3, 0.4) is 0 Å². The summed E-state index contributed by atoms with van der Waals surface area (Å²) in [7, 11) is 1.89. The third-order valence-electron chi connectivity index (χ3n) is 6.32. The third kappa shape index (κ3) is 2.76. The number of aromatic nitrogens is 2. The highest BCUT2D eigenvalue weighted by Gasteiger charge is 2.35. The van der Waals surface area contributed by atoms with Gasteiger partial charge in [-0.2, -0.15) is 0 Å². The van der Waals surface area contributed by atoms with E-state index in [0.29, 0.717) is 12.7 Å². The van der Waals surface area contributed by atoms with Gasteiger partial charge >= 0.3 is 0 Å². The third-order valence-corrected chi connectivity index (χ3v) is 6.32. The largest absolute Gasteiger partial charge is 0.349 e. The van der Waals surface area contributed by atoms with E-state index in [0.717, 1.165) is 34.2 Å². The van der Waals surface area contributed by atoms with Crippen molar-refractivity contribution in [1.82, 2.24) is 20.2 Å². The van der Waals surface area contributed by atoms with Crippen LogP contribution in [0.2, 0.25) is 0 Å². The second-order valence-electron chi connectivity index (χ2n) is 8.23. The normalized spacial score (nSPS) is 26.4. The molecule has 1 aliphatic heterocycles. The molecule has 26 heavy (non-hydrogen) atoms. The lowest BCUT2D eigenvalue weighted by Crippen LogP contribution is -2.50. The monoisotopic (exact) mass is 353 g/mol. The number of amides is 1. The Morgan fingerprint density at radius 1 is 1.23 bits per heavy atom. The van der Waals surface area contributed by atoms with E-state index in [1.165, 1.54) is 45.1 Å². The zero-order chi connectivity index (χ0) is 17.7. The summed E-state index contributed by atoms with van der Waals surface area (Å²) in [5.41, 5.74) is 2.69. The van der Waals surface area contributed by atoms with Crippen LogP contribution in [-0.2, 0) is 0 Å². The fourth-order valence-corrected chi connectivity index (χ4v) is 4.61. The molecule has 138 valence electrons. The van der Waals surface area contributed by atoms with Gasteiger partial charge in [0.1, 0.15) is 5.65 Å². The van der Waals surface area contributed by atoms with Crippen molar-refractivity contribution in [2.75, 3.05) is 25.2 Å². The van der Waals surface area contributed by atoms with E-state index in [1.54, 1.807) is 6.20 Å². The number of hydrogen-bond donors (Lipinski definition) is 2. The Kier molecular flexibility index (Phi) is 3.89. The molecule has 0 saturated heterocycles. The van der Waals surface area contributed by atoms with E-state index in [9.17, 15) is 4.79 Å². The first-order valence-corrected chi connectivity index (χ1v) is 9.92. The van der Waals surface area contributed by atoms with Crippen LogP contribution in [0.25, 0.3) is 11.0 Å². The average molecular weight is 353 g/mol. The Morgan fingerprint density at radius 3 is 2.81 bits per heavy atom. The number of fused-ring (bicyclic) bond motifs is 3. The van der Waals surface area contributed by atoms with Gasteiger partial charge in [-0.15, -0.1) is 0 Å². The number of carbonyl (C=O) groups excluding carboxylic acids is 1. The summed E-state index contributed by atoms with van der Waals surface area (Å²) < 4.78 is 0. The number of pyridine rings is 1. The van der Waals surface area contributed by atoms with Crippen LogP contribution in [0.5, 0.6) is 0 Å². The predicted molar refractivity (Wildman–Crippen MR) is 102 cm³/mol. The van der Waals surface area contributed by atoms with Crippen LogP contribution in [-0.4, -0.2) is 53.1 Å². The molecule has 0 spiro atoms. The highest BCUT2D eigenvalue weighted by molar-refractivity contribution is 6.08. The van der Waals surface area contributed by atoms with Gasteiger partial charge in [-0.05, 0) is 57.1 Å². The van der Waals surface area contributed by atoms with Gasteiger partial charge in [0.15, 0.2) is 0 Å². The van der Waals surface area contributed by atoms with Crippen molar-refractivity contribution in [3.8, 4) is 0 Å². The van der Waals surface area contributed by atoms with E-state index in [2.05, 4.69) is 26.3 Å². The predicted octanol–water partition coefficient (Wildman–Crippen LogP) is 2.72. The highest BCUT2D eigenvalue weighted by atomic mass is 16.2. The Bertz CT molecular complexity index is 819. The van der Waals surface area contributed by atoms with Gasteiger partial charge in [-0.3, -0.25) is 4.79 Å². The van der Waals surface area contributed by atoms with Crippen LogP contribution < -0.4 is 10.2 Å². The lowest BCUT2D eigenvalue weighted by molar-refractivity contribution is 0.0774. The average Bonchev–Trinajstić information content (AvgIpc) is 3.37. The Balaban J connectivity index is 1.38.